The number of carbonyl (C=O) groups excluding carboxylic acids is 1. The topological polar surface area (TPSA) is 59.2 Å². The van der Waals surface area contributed by atoms with Crippen molar-refractivity contribution in [1.29, 1.82) is 0 Å². The van der Waals surface area contributed by atoms with Crippen LogP contribution < -0.4 is 10.6 Å². The van der Waals surface area contributed by atoms with E-state index in [0.29, 0.717) is 5.69 Å². The Bertz CT molecular complexity index is 1080. The molecule has 30 heavy (non-hydrogen) atoms. The van der Waals surface area contributed by atoms with Crippen molar-refractivity contribution in [2.75, 3.05) is 11.4 Å². The number of amides is 1. The molecule has 2 N–H and O–H groups in total. The lowest BCUT2D eigenvalue weighted by atomic mass is 10.0. The minimum absolute atomic E-state index is 0.203. The van der Waals surface area contributed by atoms with Crippen molar-refractivity contribution in [2.45, 2.75) is 25.4 Å². The predicted molar refractivity (Wildman–Crippen MR) is 110 cm³/mol. The summed E-state index contributed by atoms with van der Waals surface area (Å²) in [5.41, 5.74) is 9.20. The predicted octanol–water partition coefficient (Wildman–Crippen LogP) is 5.34. The van der Waals surface area contributed by atoms with Crippen molar-refractivity contribution in [1.82, 2.24) is 4.98 Å². The first-order chi connectivity index (χ1) is 14.3. The summed E-state index contributed by atoms with van der Waals surface area (Å²) in [5, 5.41) is 0. The minimum Gasteiger partial charge on any atom is -0.364 e. The fraction of sp³-hybridized carbons (Fsp3) is 0.217. The van der Waals surface area contributed by atoms with Crippen molar-refractivity contribution >= 4 is 17.3 Å². The summed E-state index contributed by atoms with van der Waals surface area (Å²) in [5.74, 6) is -0.583. The van der Waals surface area contributed by atoms with E-state index in [0.717, 1.165) is 60.4 Å². The number of carbonyl (C=O) groups is 1. The third kappa shape index (κ3) is 4.01. The van der Waals surface area contributed by atoms with Gasteiger partial charge in [0, 0.05) is 23.5 Å². The van der Waals surface area contributed by atoms with E-state index in [-0.39, 0.29) is 5.69 Å². The molecule has 0 bridgehead atoms. The Hall–Kier alpha value is -3.35. The van der Waals surface area contributed by atoms with Crippen LogP contribution in [0.25, 0.3) is 11.3 Å². The van der Waals surface area contributed by atoms with Crippen molar-refractivity contribution in [3.63, 3.8) is 0 Å². The Labute approximate surface area is 172 Å². The maximum Gasteiger partial charge on any atom is 0.416 e. The van der Waals surface area contributed by atoms with E-state index in [1.54, 1.807) is 12.1 Å². The number of anilines is 2. The lowest BCUT2D eigenvalue weighted by molar-refractivity contribution is -0.137. The van der Waals surface area contributed by atoms with Gasteiger partial charge < -0.3 is 10.6 Å². The van der Waals surface area contributed by atoms with E-state index < -0.39 is 17.6 Å². The van der Waals surface area contributed by atoms with Gasteiger partial charge in [-0.3, -0.25) is 4.79 Å². The second-order valence-electron chi connectivity index (χ2n) is 7.27. The number of primary amides is 1. The number of pyridine rings is 1. The number of halogens is 3. The van der Waals surface area contributed by atoms with Gasteiger partial charge in [0.15, 0.2) is 0 Å². The maximum atomic E-state index is 12.9. The molecule has 0 unspecified atom stereocenters. The molecule has 2 aromatic carbocycles. The number of rotatable bonds is 3. The van der Waals surface area contributed by atoms with Crippen molar-refractivity contribution in [3.8, 4) is 11.3 Å². The second kappa shape index (κ2) is 7.82. The van der Waals surface area contributed by atoms with Crippen LogP contribution in [-0.4, -0.2) is 17.4 Å². The van der Waals surface area contributed by atoms with Gasteiger partial charge in [-0.25, -0.2) is 4.98 Å². The van der Waals surface area contributed by atoms with Gasteiger partial charge in [-0.1, -0.05) is 12.1 Å². The largest absolute Gasteiger partial charge is 0.416 e. The average molecular weight is 411 g/mol. The Morgan fingerprint density at radius 2 is 1.77 bits per heavy atom. The van der Waals surface area contributed by atoms with Gasteiger partial charge in [-0.05, 0) is 73.4 Å². The number of nitrogens with zero attached hydrogens (tertiary/aromatic N) is 2. The molecule has 154 valence electrons. The summed E-state index contributed by atoms with van der Waals surface area (Å²) in [6.07, 6.45) is -1.59. The lowest BCUT2D eigenvalue weighted by Gasteiger charge is -2.26. The number of benzene rings is 2. The van der Waals surface area contributed by atoms with Gasteiger partial charge >= 0.3 is 6.18 Å². The molecule has 0 fully saturated rings. The third-order valence-electron chi connectivity index (χ3n) is 5.25. The van der Waals surface area contributed by atoms with Crippen LogP contribution in [0.5, 0.6) is 0 Å². The summed E-state index contributed by atoms with van der Waals surface area (Å²) >= 11 is 0. The number of aryl methyl sites for hydroxylation is 1. The monoisotopic (exact) mass is 411 g/mol. The Morgan fingerprint density at radius 1 is 1.00 bits per heavy atom. The first kappa shape index (κ1) is 19.9. The molecular weight excluding hydrogens is 391 g/mol. The number of hydrogen-bond donors (Lipinski definition) is 1. The number of alkyl halides is 3. The highest BCUT2D eigenvalue weighted by Crippen LogP contribution is 2.37. The highest BCUT2D eigenvalue weighted by Gasteiger charge is 2.30. The van der Waals surface area contributed by atoms with Crippen LogP contribution in [0.1, 0.15) is 34.5 Å². The van der Waals surface area contributed by atoms with E-state index >= 15 is 0 Å². The number of hydrogen-bond acceptors (Lipinski definition) is 3. The zero-order chi connectivity index (χ0) is 21.3. The SMILES string of the molecule is NC(=O)c1cccc(-c2ccc3c(c2)CCCCN3c2ccc(C(F)(F)F)cc2)n1. The van der Waals surface area contributed by atoms with Crippen LogP contribution in [0.2, 0.25) is 0 Å². The molecule has 0 radical (unpaired) electrons. The molecule has 4 nitrogen and oxygen atoms in total. The third-order valence-corrected chi connectivity index (χ3v) is 5.25. The summed E-state index contributed by atoms with van der Waals surface area (Å²) in [6.45, 7) is 0.729. The number of nitrogens with two attached hydrogens (primary N) is 1. The molecule has 3 aromatic rings. The van der Waals surface area contributed by atoms with E-state index in [2.05, 4.69) is 9.88 Å². The molecule has 1 aromatic heterocycles. The molecule has 0 spiro atoms. The molecule has 1 amide bonds. The Morgan fingerprint density at radius 3 is 2.47 bits per heavy atom. The van der Waals surface area contributed by atoms with Crippen LogP contribution in [0, 0.1) is 0 Å². The highest BCUT2D eigenvalue weighted by atomic mass is 19.4. The van der Waals surface area contributed by atoms with Crippen LogP contribution in [0.15, 0.2) is 60.7 Å². The van der Waals surface area contributed by atoms with Crippen LogP contribution >= 0.6 is 0 Å². The smallest absolute Gasteiger partial charge is 0.364 e. The normalized spacial score (nSPS) is 14.2. The van der Waals surface area contributed by atoms with E-state index in [1.165, 1.54) is 12.1 Å². The summed E-state index contributed by atoms with van der Waals surface area (Å²) in [6, 6.07) is 16.3. The quantitative estimate of drug-likeness (QED) is 0.633. The molecule has 2 heterocycles. The Kier molecular flexibility index (Phi) is 5.20. The van der Waals surface area contributed by atoms with Gasteiger partial charge in [-0.15, -0.1) is 0 Å². The Balaban J connectivity index is 1.70. The molecule has 1 aliphatic heterocycles. The van der Waals surface area contributed by atoms with Crippen LogP contribution in [0.4, 0.5) is 24.5 Å². The summed E-state index contributed by atoms with van der Waals surface area (Å²) in [7, 11) is 0. The number of aromatic nitrogens is 1. The molecule has 7 heteroatoms. The van der Waals surface area contributed by atoms with Gasteiger partial charge in [0.1, 0.15) is 5.69 Å². The van der Waals surface area contributed by atoms with Gasteiger partial charge in [0.25, 0.3) is 5.91 Å². The average Bonchev–Trinajstić information content (AvgIpc) is 2.95. The van der Waals surface area contributed by atoms with Gasteiger partial charge in [0.05, 0.1) is 11.3 Å². The van der Waals surface area contributed by atoms with Crippen molar-refractivity contribution in [2.24, 2.45) is 5.73 Å². The summed E-state index contributed by atoms with van der Waals surface area (Å²) < 4.78 is 38.7. The van der Waals surface area contributed by atoms with Gasteiger partial charge in [-0.2, -0.15) is 13.2 Å². The van der Waals surface area contributed by atoms with Gasteiger partial charge in [0.2, 0.25) is 0 Å². The standard InChI is InChI=1S/C23H20F3N3O/c24-23(25,26)17-8-10-18(11-9-17)29-13-2-1-4-16-14-15(7-12-21(16)29)19-5-3-6-20(28-19)22(27)30/h3,5-12,14H,1-2,4,13H2,(H2,27,30). The second-order valence-corrected chi connectivity index (χ2v) is 7.27. The maximum absolute atomic E-state index is 12.9. The molecule has 1 aliphatic rings. The molecule has 4 rings (SSSR count). The highest BCUT2D eigenvalue weighted by molar-refractivity contribution is 5.91. The lowest BCUT2D eigenvalue weighted by Crippen LogP contribution is -2.18. The fourth-order valence-electron chi connectivity index (χ4n) is 3.75. The van der Waals surface area contributed by atoms with E-state index in [9.17, 15) is 18.0 Å². The molecule has 0 atom stereocenters. The first-order valence-corrected chi connectivity index (χ1v) is 9.68. The number of fused-ring (bicyclic) bond motifs is 1. The van der Waals surface area contributed by atoms with Crippen LogP contribution in [0.3, 0.4) is 0 Å². The fourth-order valence-corrected chi connectivity index (χ4v) is 3.75. The van der Waals surface area contributed by atoms with Crippen molar-refractivity contribution in [3.05, 3.63) is 77.5 Å². The van der Waals surface area contributed by atoms with Crippen LogP contribution in [-0.2, 0) is 12.6 Å². The zero-order valence-electron chi connectivity index (χ0n) is 16.1. The molecule has 0 saturated carbocycles. The molecular formula is C23H20F3N3O. The zero-order valence-corrected chi connectivity index (χ0v) is 16.1. The van der Waals surface area contributed by atoms with Crippen molar-refractivity contribution < 1.29 is 18.0 Å². The first-order valence-electron chi connectivity index (χ1n) is 9.68. The van der Waals surface area contributed by atoms with E-state index in [4.69, 9.17) is 5.73 Å². The molecule has 0 aliphatic carbocycles. The van der Waals surface area contributed by atoms with E-state index in [1.807, 2.05) is 24.3 Å². The minimum atomic E-state index is -4.35. The molecule has 0 saturated heterocycles. The summed E-state index contributed by atoms with van der Waals surface area (Å²) in [4.78, 5) is 17.8.